The molecule has 1 saturated heterocycles. The Morgan fingerprint density at radius 1 is 0.941 bits per heavy atom. The van der Waals surface area contributed by atoms with Crippen LogP contribution in [-0.2, 0) is 9.59 Å². The average Bonchev–Trinajstić information content (AvgIpc) is 3.37. The molecule has 2 aromatic carbocycles. The fraction of sp³-hybridized carbons (Fsp3) is 0.500. The number of hydrogen-bond donors (Lipinski definition) is 2. The van der Waals surface area contributed by atoms with Crippen molar-refractivity contribution in [1.82, 2.24) is 15.5 Å². The molecule has 34 heavy (non-hydrogen) atoms. The van der Waals surface area contributed by atoms with E-state index in [0.717, 1.165) is 55.6 Å². The largest absolute Gasteiger partial charge is 0.457 e. The number of para-hydroxylation sites is 2. The highest BCUT2D eigenvalue weighted by atomic mass is 16.5. The third-order valence-corrected chi connectivity index (χ3v) is 7.30. The van der Waals surface area contributed by atoms with Crippen LogP contribution in [-0.4, -0.2) is 42.4 Å². The van der Waals surface area contributed by atoms with Crippen molar-refractivity contribution in [2.75, 3.05) is 13.6 Å². The Balaban J connectivity index is 1.58. The lowest BCUT2D eigenvalue weighted by atomic mass is 9.83. The van der Waals surface area contributed by atoms with E-state index in [4.69, 9.17) is 4.74 Å². The van der Waals surface area contributed by atoms with Gasteiger partial charge in [0.25, 0.3) is 0 Å². The summed E-state index contributed by atoms with van der Waals surface area (Å²) in [6.07, 6.45) is 7.22. The maximum absolute atomic E-state index is 14.0. The third kappa shape index (κ3) is 5.61. The summed E-state index contributed by atoms with van der Waals surface area (Å²) in [5.74, 6) is 1.67. The van der Waals surface area contributed by atoms with Gasteiger partial charge < -0.3 is 20.3 Å². The van der Waals surface area contributed by atoms with Crippen molar-refractivity contribution in [2.24, 2.45) is 5.92 Å². The van der Waals surface area contributed by atoms with Gasteiger partial charge in [-0.25, -0.2) is 0 Å². The smallest absolute Gasteiger partial charge is 0.245 e. The Morgan fingerprint density at radius 3 is 2.38 bits per heavy atom. The minimum Gasteiger partial charge on any atom is -0.457 e. The molecule has 182 valence electrons. The Morgan fingerprint density at radius 2 is 1.65 bits per heavy atom. The van der Waals surface area contributed by atoms with E-state index in [2.05, 4.69) is 16.7 Å². The van der Waals surface area contributed by atoms with Crippen LogP contribution < -0.4 is 15.4 Å². The molecule has 1 saturated carbocycles. The Bertz CT molecular complexity index is 958. The second-order valence-electron chi connectivity index (χ2n) is 9.54. The molecule has 1 aliphatic heterocycles. The monoisotopic (exact) mass is 463 g/mol. The quantitative estimate of drug-likeness (QED) is 0.589. The lowest BCUT2D eigenvalue weighted by Crippen LogP contribution is -2.55. The Labute approximate surface area is 203 Å². The molecule has 2 aromatic rings. The van der Waals surface area contributed by atoms with Crippen LogP contribution in [0.15, 0.2) is 54.6 Å². The molecule has 2 amide bonds. The van der Waals surface area contributed by atoms with Gasteiger partial charge in [0.15, 0.2) is 0 Å². The summed E-state index contributed by atoms with van der Waals surface area (Å²) in [5.41, 5.74) is 1.02. The van der Waals surface area contributed by atoms with E-state index in [1.807, 2.05) is 60.4 Å². The van der Waals surface area contributed by atoms with Gasteiger partial charge in [-0.1, -0.05) is 55.7 Å². The van der Waals surface area contributed by atoms with Crippen LogP contribution in [0, 0.1) is 5.92 Å². The molecule has 2 N–H and O–H groups in total. The number of nitrogens with one attached hydrogen (secondary N) is 2. The molecule has 2 aliphatic rings. The second kappa shape index (κ2) is 11.5. The summed E-state index contributed by atoms with van der Waals surface area (Å²) in [4.78, 5) is 28.8. The van der Waals surface area contributed by atoms with Gasteiger partial charge in [0.2, 0.25) is 11.8 Å². The van der Waals surface area contributed by atoms with Crippen molar-refractivity contribution in [3.63, 3.8) is 0 Å². The molecule has 2 fully saturated rings. The fourth-order valence-electron chi connectivity index (χ4n) is 5.25. The summed E-state index contributed by atoms with van der Waals surface area (Å²) >= 11 is 0. The maximum atomic E-state index is 14.0. The van der Waals surface area contributed by atoms with Crippen molar-refractivity contribution in [2.45, 2.75) is 70.0 Å². The van der Waals surface area contributed by atoms with Gasteiger partial charge in [0.1, 0.15) is 17.5 Å². The summed E-state index contributed by atoms with van der Waals surface area (Å²) in [6, 6.07) is 16.9. The highest BCUT2D eigenvalue weighted by molar-refractivity contribution is 5.90. The van der Waals surface area contributed by atoms with Crippen LogP contribution in [0.3, 0.4) is 0 Å². The van der Waals surface area contributed by atoms with Gasteiger partial charge in [-0.15, -0.1) is 0 Å². The number of ether oxygens (including phenoxy) is 1. The van der Waals surface area contributed by atoms with Crippen LogP contribution in [0.2, 0.25) is 0 Å². The van der Waals surface area contributed by atoms with Crippen LogP contribution in [0.1, 0.15) is 63.5 Å². The minimum atomic E-state index is -0.480. The first kappa shape index (κ1) is 24.3. The molecule has 3 atom stereocenters. The third-order valence-electron chi connectivity index (χ3n) is 7.30. The zero-order valence-electron chi connectivity index (χ0n) is 20.3. The second-order valence-corrected chi connectivity index (χ2v) is 9.54. The van der Waals surface area contributed by atoms with E-state index in [1.54, 1.807) is 7.05 Å². The van der Waals surface area contributed by atoms with Crippen molar-refractivity contribution >= 4 is 11.8 Å². The van der Waals surface area contributed by atoms with E-state index < -0.39 is 6.04 Å². The molecule has 6 nitrogen and oxygen atoms in total. The SMILES string of the molecule is CN[C@@H](C)C(=O)N[C@H](C(=O)N1CCC[C@H]1c1ccccc1Oc1ccccc1)C1CCCCC1. The number of carbonyl (C=O) groups excluding carboxylic acids is 2. The fourth-order valence-corrected chi connectivity index (χ4v) is 5.25. The number of carbonyl (C=O) groups is 2. The van der Waals surface area contributed by atoms with Crippen LogP contribution >= 0.6 is 0 Å². The normalized spacial score (nSPS) is 20.5. The van der Waals surface area contributed by atoms with Crippen molar-refractivity contribution < 1.29 is 14.3 Å². The topological polar surface area (TPSA) is 70.7 Å². The zero-order chi connectivity index (χ0) is 23.9. The van der Waals surface area contributed by atoms with E-state index >= 15 is 0 Å². The predicted molar refractivity (Wildman–Crippen MR) is 134 cm³/mol. The first-order valence-corrected chi connectivity index (χ1v) is 12.7. The van der Waals surface area contributed by atoms with E-state index in [1.165, 1.54) is 6.42 Å². The summed E-state index contributed by atoms with van der Waals surface area (Å²) < 4.78 is 6.22. The molecule has 1 aliphatic carbocycles. The minimum absolute atomic E-state index is 0.0422. The van der Waals surface area contributed by atoms with Gasteiger partial charge in [-0.3, -0.25) is 9.59 Å². The lowest BCUT2D eigenvalue weighted by molar-refractivity contribution is -0.139. The Kier molecular flexibility index (Phi) is 8.22. The lowest BCUT2D eigenvalue weighted by Gasteiger charge is -2.35. The zero-order valence-corrected chi connectivity index (χ0v) is 20.3. The molecule has 0 unspecified atom stereocenters. The molecule has 6 heteroatoms. The maximum Gasteiger partial charge on any atom is 0.245 e. The number of rotatable bonds is 8. The molecular weight excluding hydrogens is 426 g/mol. The number of hydrogen-bond acceptors (Lipinski definition) is 4. The van der Waals surface area contributed by atoms with Gasteiger partial charge in [0, 0.05) is 12.1 Å². The number of amides is 2. The number of likely N-dealkylation sites (tertiary alicyclic amines) is 1. The predicted octanol–water partition coefficient (Wildman–Crippen LogP) is 4.82. The highest BCUT2D eigenvalue weighted by Gasteiger charge is 2.39. The van der Waals surface area contributed by atoms with Gasteiger partial charge in [-0.2, -0.15) is 0 Å². The standard InChI is InChI=1S/C28H37N3O3/c1-20(29-2)27(32)30-26(21-12-5-3-6-13-21)28(33)31-19-11-17-24(31)23-16-9-10-18-25(23)34-22-14-7-4-8-15-22/h4,7-10,14-16,18,20-21,24,26,29H,3,5-6,11-13,17,19H2,1-2H3,(H,30,32)/t20-,24-,26-/m0/s1. The Hall–Kier alpha value is -2.86. The van der Waals surface area contributed by atoms with E-state index in [9.17, 15) is 9.59 Å². The van der Waals surface area contributed by atoms with Crippen LogP contribution in [0.4, 0.5) is 0 Å². The molecule has 0 radical (unpaired) electrons. The van der Waals surface area contributed by atoms with Crippen molar-refractivity contribution in [3.8, 4) is 11.5 Å². The molecule has 4 rings (SSSR count). The highest BCUT2D eigenvalue weighted by Crippen LogP contribution is 2.40. The van der Waals surface area contributed by atoms with Gasteiger partial charge in [-0.05, 0) is 63.8 Å². The summed E-state index contributed by atoms with van der Waals surface area (Å²) in [6.45, 7) is 2.53. The van der Waals surface area contributed by atoms with E-state index in [-0.39, 0.29) is 29.8 Å². The van der Waals surface area contributed by atoms with Crippen molar-refractivity contribution in [3.05, 3.63) is 60.2 Å². The van der Waals surface area contributed by atoms with Crippen LogP contribution in [0.5, 0.6) is 11.5 Å². The molecule has 0 bridgehead atoms. The summed E-state index contributed by atoms with van der Waals surface area (Å²) in [7, 11) is 1.77. The first-order chi connectivity index (χ1) is 16.6. The number of nitrogens with zero attached hydrogens (tertiary/aromatic N) is 1. The molecule has 0 spiro atoms. The van der Waals surface area contributed by atoms with Gasteiger partial charge >= 0.3 is 0 Å². The van der Waals surface area contributed by atoms with E-state index in [0.29, 0.717) is 6.54 Å². The average molecular weight is 464 g/mol. The van der Waals surface area contributed by atoms with Crippen LogP contribution in [0.25, 0.3) is 0 Å². The first-order valence-electron chi connectivity index (χ1n) is 12.7. The summed E-state index contributed by atoms with van der Waals surface area (Å²) in [5, 5.41) is 6.11. The number of likely N-dealkylation sites (N-methyl/N-ethyl adjacent to an activating group) is 1. The molecule has 0 aromatic heterocycles. The number of benzene rings is 2. The van der Waals surface area contributed by atoms with Gasteiger partial charge in [0.05, 0.1) is 12.1 Å². The van der Waals surface area contributed by atoms with Crippen molar-refractivity contribution in [1.29, 1.82) is 0 Å². The molecular formula is C28H37N3O3. The molecule has 1 heterocycles.